The van der Waals surface area contributed by atoms with E-state index in [1.165, 1.54) is 0 Å². The van der Waals surface area contributed by atoms with Gasteiger partial charge in [-0.2, -0.15) is 10.5 Å². The summed E-state index contributed by atoms with van der Waals surface area (Å²) in [4.78, 5) is 3.67. The average molecular weight is 517 g/mol. The first kappa shape index (κ1) is 27.5. The maximum atomic E-state index is 10.2. The Bertz CT molecular complexity index is 1090. The molecule has 3 aromatic carbocycles. The highest BCUT2D eigenvalue weighted by Crippen LogP contribution is 2.52. The van der Waals surface area contributed by atoms with Gasteiger partial charge in [0.2, 0.25) is 0 Å². The Balaban J connectivity index is 2.21. The topological polar surface area (TPSA) is 66.0 Å². The molecule has 0 fully saturated rings. The summed E-state index contributed by atoms with van der Waals surface area (Å²) in [5, 5.41) is 20.4. The molecule has 186 valence electrons. The van der Waals surface area contributed by atoms with E-state index >= 15 is 0 Å². The van der Waals surface area contributed by atoms with Crippen LogP contribution >= 0.6 is 23.5 Å². The lowest BCUT2D eigenvalue weighted by Gasteiger charge is -2.22. The number of hydrogen-bond donors (Lipinski definition) is 0. The molecule has 4 nitrogen and oxygen atoms in total. The van der Waals surface area contributed by atoms with Gasteiger partial charge in [-0.3, -0.25) is 0 Å². The van der Waals surface area contributed by atoms with Crippen LogP contribution in [0.4, 0.5) is 0 Å². The van der Waals surface area contributed by atoms with Crippen LogP contribution in [0.3, 0.4) is 0 Å². The Labute approximate surface area is 223 Å². The Morgan fingerprint density at radius 2 is 1.00 bits per heavy atom. The van der Waals surface area contributed by atoms with Crippen LogP contribution in [0.1, 0.15) is 63.5 Å². The number of benzene rings is 3. The van der Waals surface area contributed by atoms with Gasteiger partial charge in [0.25, 0.3) is 0 Å². The number of ether oxygens (including phenoxy) is 2. The minimum absolute atomic E-state index is 0.246. The van der Waals surface area contributed by atoms with Crippen molar-refractivity contribution in [3.05, 3.63) is 71.8 Å². The molecule has 36 heavy (non-hydrogen) atoms. The van der Waals surface area contributed by atoms with Gasteiger partial charge in [-0.15, -0.1) is 0 Å². The van der Waals surface area contributed by atoms with Gasteiger partial charge in [0, 0.05) is 9.79 Å². The molecule has 6 heteroatoms. The minimum atomic E-state index is 0.246. The van der Waals surface area contributed by atoms with Crippen molar-refractivity contribution < 1.29 is 9.47 Å². The number of nitriles is 2. The van der Waals surface area contributed by atoms with Crippen molar-refractivity contribution in [1.29, 1.82) is 10.5 Å². The van der Waals surface area contributed by atoms with Crippen molar-refractivity contribution in [2.24, 2.45) is 0 Å². The third-order valence-corrected chi connectivity index (χ3v) is 7.79. The molecule has 0 N–H and O–H groups in total. The maximum absolute atomic E-state index is 10.2. The van der Waals surface area contributed by atoms with Crippen LogP contribution in [0.5, 0.6) is 11.5 Å². The van der Waals surface area contributed by atoms with E-state index in [2.05, 4.69) is 26.0 Å². The second kappa shape index (κ2) is 15.1. The number of unbranched alkanes of at least 4 members (excludes halogenated alkanes) is 4. The Kier molecular flexibility index (Phi) is 11.6. The molecule has 0 aliphatic heterocycles. The van der Waals surface area contributed by atoms with Gasteiger partial charge in [0.1, 0.15) is 23.3 Å². The number of nitrogens with zero attached hydrogens (tertiary/aromatic N) is 2. The van der Waals surface area contributed by atoms with Gasteiger partial charge in [-0.05, 0) is 37.1 Å². The van der Waals surface area contributed by atoms with E-state index in [0.29, 0.717) is 24.7 Å². The highest BCUT2D eigenvalue weighted by atomic mass is 32.2. The fourth-order valence-corrected chi connectivity index (χ4v) is 5.79. The van der Waals surface area contributed by atoms with Crippen LogP contribution in [-0.4, -0.2) is 13.2 Å². The van der Waals surface area contributed by atoms with Gasteiger partial charge < -0.3 is 9.47 Å². The summed E-state index contributed by atoms with van der Waals surface area (Å²) in [6.45, 7) is 5.26. The van der Waals surface area contributed by atoms with Crippen molar-refractivity contribution in [2.45, 2.75) is 72.0 Å². The molecule has 0 aliphatic rings. The van der Waals surface area contributed by atoms with Crippen molar-refractivity contribution in [3.8, 4) is 23.6 Å². The Morgan fingerprint density at radius 3 is 1.33 bits per heavy atom. The van der Waals surface area contributed by atoms with Gasteiger partial charge >= 0.3 is 0 Å². The zero-order chi connectivity index (χ0) is 25.6. The fraction of sp³-hybridized carbons (Fsp3) is 0.333. The molecule has 0 atom stereocenters. The van der Waals surface area contributed by atoms with E-state index in [4.69, 9.17) is 9.47 Å². The fourth-order valence-electron chi connectivity index (χ4n) is 3.60. The minimum Gasteiger partial charge on any atom is -0.491 e. The first-order valence-corrected chi connectivity index (χ1v) is 14.1. The van der Waals surface area contributed by atoms with Crippen molar-refractivity contribution in [1.82, 2.24) is 0 Å². The first-order valence-electron chi connectivity index (χ1n) is 12.5. The smallest absolute Gasteiger partial charge is 0.153 e. The summed E-state index contributed by atoms with van der Waals surface area (Å²) in [6.07, 6.45) is 5.99. The van der Waals surface area contributed by atoms with E-state index in [1.54, 1.807) is 23.5 Å². The van der Waals surface area contributed by atoms with Crippen LogP contribution in [0.2, 0.25) is 0 Å². The molecule has 0 spiro atoms. The summed E-state index contributed by atoms with van der Waals surface area (Å²) in [6, 6.07) is 24.6. The van der Waals surface area contributed by atoms with Crippen LogP contribution in [0.25, 0.3) is 0 Å². The molecule has 0 saturated heterocycles. The molecule has 3 aromatic rings. The highest BCUT2D eigenvalue weighted by molar-refractivity contribution is 8.02. The lowest BCUT2D eigenvalue weighted by molar-refractivity contribution is 0.284. The second-order valence-electron chi connectivity index (χ2n) is 8.23. The molecule has 0 unspecified atom stereocenters. The van der Waals surface area contributed by atoms with Gasteiger partial charge in [0.05, 0.1) is 23.0 Å². The van der Waals surface area contributed by atoms with Crippen LogP contribution in [0, 0.1) is 22.7 Å². The molecular formula is C30H32N2O2S2. The predicted octanol–water partition coefficient (Wildman–Crippen LogP) is 8.87. The van der Waals surface area contributed by atoms with E-state index in [1.807, 2.05) is 60.7 Å². The zero-order valence-corrected chi connectivity index (χ0v) is 22.6. The quantitative estimate of drug-likeness (QED) is 0.199. The van der Waals surface area contributed by atoms with E-state index in [-0.39, 0.29) is 11.1 Å². The summed E-state index contributed by atoms with van der Waals surface area (Å²) in [7, 11) is 0. The zero-order valence-electron chi connectivity index (χ0n) is 21.0. The third kappa shape index (κ3) is 7.47. The highest BCUT2D eigenvalue weighted by Gasteiger charge is 2.28. The second-order valence-corrected chi connectivity index (χ2v) is 10.4. The SMILES string of the molecule is CCCCCOc1c(C#N)c(C#N)c(OCCCCC)c(Sc2ccccc2)c1Sc1ccccc1. The summed E-state index contributed by atoms with van der Waals surface area (Å²) in [5.74, 6) is 0.941. The lowest BCUT2D eigenvalue weighted by atomic mass is 10.1. The monoisotopic (exact) mass is 516 g/mol. The standard InChI is InChI=1S/C30H32N2O2S2/c1-3-5-13-19-33-27-25(21-31)26(22-32)28(34-20-14-6-4-2)30(36-24-17-11-8-12-18-24)29(27)35-23-15-9-7-10-16-23/h7-12,15-18H,3-6,13-14,19-20H2,1-2H3. The van der Waals surface area contributed by atoms with Crippen molar-refractivity contribution >= 4 is 23.5 Å². The van der Waals surface area contributed by atoms with Crippen LogP contribution in [0.15, 0.2) is 80.2 Å². The first-order chi connectivity index (χ1) is 17.7. The largest absolute Gasteiger partial charge is 0.491 e. The molecule has 0 aliphatic carbocycles. The molecule has 3 rings (SSSR count). The van der Waals surface area contributed by atoms with Gasteiger partial charge in [-0.25, -0.2) is 0 Å². The third-order valence-electron chi connectivity index (χ3n) is 5.46. The van der Waals surface area contributed by atoms with Gasteiger partial charge in [0.15, 0.2) is 11.5 Å². The molecule has 0 bridgehead atoms. The van der Waals surface area contributed by atoms with E-state index in [9.17, 15) is 10.5 Å². The van der Waals surface area contributed by atoms with Gasteiger partial charge in [-0.1, -0.05) is 99.5 Å². The molecule has 0 aromatic heterocycles. The molecular weight excluding hydrogens is 484 g/mol. The Hall–Kier alpha value is -3.06. The number of rotatable bonds is 14. The van der Waals surface area contributed by atoms with Crippen molar-refractivity contribution in [3.63, 3.8) is 0 Å². The van der Waals surface area contributed by atoms with E-state index in [0.717, 1.165) is 58.1 Å². The number of hydrogen-bond acceptors (Lipinski definition) is 6. The predicted molar refractivity (Wildman–Crippen MR) is 147 cm³/mol. The lowest BCUT2D eigenvalue weighted by Crippen LogP contribution is -2.07. The maximum Gasteiger partial charge on any atom is 0.153 e. The summed E-state index contributed by atoms with van der Waals surface area (Å²) >= 11 is 3.09. The van der Waals surface area contributed by atoms with E-state index < -0.39 is 0 Å². The van der Waals surface area contributed by atoms with Crippen molar-refractivity contribution in [2.75, 3.05) is 13.2 Å². The average Bonchev–Trinajstić information content (AvgIpc) is 2.92. The van der Waals surface area contributed by atoms with Crippen LogP contribution in [-0.2, 0) is 0 Å². The molecule has 0 heterocycles. The molecule has 0 saturated carbocycles. The summed E-state index contributed by atoms with van der Waals surface area (Å²) < 4.78 is 12.6. The molecule has 0 amide bonds. The van der Waals surface area contributed by atoms with Crippen LogP contribution < -0.4 is 9.47 Å². The molecule has 0 radical (unpaired) electrons. The Morgan fingerprint density at radius 1 is 0.611 bits per heavy atom. The summed E-state index contributed by atoms with van der Waals surface area (Å²) in [5.41, 5.74) is 0.491. The normalized spacial score (nSPS) is 10.4.